The van der Waals surface area contributed by atoms with E-state index in [-0.39, 0.29) is 29.7 Å². The van der Waals surface area contributed by atoms with Gasteiger partial charge in [-0.15, -0.1) is 0 Å². The third-order valence-corrected chi connectivity index (χ3v) is 8.10. The molecule has 8 nitrogen and oxygen atoms in total. The Hall–Kier alpha value is -2.39. The average Bonchev–Trinajstić information content (AvgIpc) is 3.42. The van der Waals surface area contributed by atoms with Crippen LogP contribution in [-0.4, -0.2) is 59.4 Å². The van der Waals surface area contributed by atoms with Crippen molar-refractivity contribution in [2.45, 2.75) is 51.5 Å². The molecule has 0 atom stereocenters. The molecule has 2 fully saturated rings. The predicted octanol–water partition coefficient (Wildman–Crippen LogP) is 2.59. The van der Waals surface area contributed by atoms with Crippen molar-refractivity contribution in [3.8, 4) is 0 Å². The van der Waals surface area contributed by atoms with Crippen LogP contribution in [0.4, 0.5) is 0 Å². The lowest BCUT2D eigenvalue weighted by Crippen LogP contribution is -2.50. The molecule has 2 aromatic rings. The van der Waals surface area contributed by atoms with Crippen LogP contribution in [0.3, 0.4) is 0 Å². The van der Waals surface area contributed by atoms with Gasteiger partial charge in [0.05, 0.1) is 0 Å². The number of hydrogen-bond acceptors (Lipinski definition) is 5. The fourth-order valence-corrected chi connectivity index (χ4v) is 5.97. The lowest BCUT2D eigenvalue weighted by Gasteiger charge is -2.33. The molecule has 0 radical (unpaired) electrons. The van der Waals surface area contributed by atoms with E-state index < -0.39 is 10.0 Å². The topological polar surface area (TPSA) is 88.7 Å². The van der Waals surface area contributed by atoms with E-state index in [2.05, 4.69) is 29.6 Å². The maximum absolute atomic E-state index is 12.9. The summed E-state index contributed by atoms with van der Waals surface area (Å²) in [5.41, 5.74) is 3.83. The number of aryl methyl sites for hydroxylation is 3. The third kappa shape index (κ3) is 3.72. The monoisotopic (exact) mass is 432 g/mol. The average molecular weight is 433 g/mol. The minimum Gasteiger partial charge on any atom is -0.360 e. The number of amides is 1. The summed E-state index contributed by atoms with van der Waals surface area (Å²) in [5, 5.41) is 3.75. The van der Waals surface area contributed by atoms with Gasteiger partial charge in [-0.3, -0.25) is 4.79 Å². The van der Waals surface area contributed by atoms with Gasteiger partial charge in [0.25, 0.3) is 0 Å². The molecule has 3 heterocycles. The summed E-state index contributed by atoms with van der Waals surface area (Å²) < 4.78 is 34.6. The molecule has 2 aliphatic rings. The van der Waals surface area contributed by atoms with Gasteiger partial charge in [-0.1, -0.05) is 5.16 Å². The van der Waals surface area contributed by atoms with Gasteiger partial charge in [-0.25, -0.2) is 8.42 Å². The number of sulfonamides is 1. The Morgan fingerprint density at radius 1 is 1.13 bits per heavy atom. The predicted molar refractivity (Wildman–Crippen MR) is 113 cm³/mol. The molecule has 162 valence electrons. The van der Waals surface area contributed by atoms with Crippen molar-refractivity contribution >= 4 is 22.0 Å². The lowest BCUT2D eigenvalue weighted by atomic mass is 10.2. The molecular weight excluding hydrogens is 404 g/mol. The summed E-state index contributed by atoms with van der Waals surface area (Å²) in [7, 11) is -3.68. The number of carbonyl (C=O) groups is 1. The number of nitrogens with zero attached hydrogens (tertiary/aromatic N) is 4. The van der Waals surface area contributed by atoms with E-state index in [1.807, 2.05) is 6.08 Å². The summed E-state index contributed by atoms with van der Waals surface area (Å²) in [6.07, 6.45) is 5.91. The van der Waals surface area contributed by atoms with Gasteiger partial charge >= 0.3 is 0 Å². The SMILES string of the molecule is Cc1noc(C)c1S(=O)(=O)N1CCN(C(=O)/C=C/c2cc(C)n(C3CC3)c2C)CC1. The van der Waals surface area contributed by atoms with Crippen LogP contribution in [-0.2, 0) is 14.8 Å². The zero-order chi connectivity index (χ0) is 21.6. The summed E-state index contributed by atoms with van der Waals surface area (Å²) in [5.74, 6) is 0.193. The zero-order valence-corrected chi connectivity index (χ0v) is 18.7. The fourth-order valence-electron chi connectivity index (χ4n) is 4.25. The second-order valence-electron chi connectivity index (χ2n) is 8.14. The van der Waals surface area contributed by atoms with E-state index in [0.717, 1.165) is 5.56 Å². The van der Waals surface area contributed by atoms with Crippen LogP contribution < -0.4 is 0 Å². The Kier molecular flexibility index (Phi) is 5.36. The quantitative estimate of drug-likeness (QED) is 0.678. The van der Waals surface area contributed by atoms with E-state index in [1.165, 1.54) is 28.5 Å². The van der Waals surface area contributed by atoms with E-state index in [4.69, 9.17) is 4.52 Å². The second kappa shape index (κ2) is 7.70. The second-order valence-corrected chi connectivity index (χ2v) is 10.0. The van der Waals surface area contributed by atoms with Crippen molar-refractivity contribution < 1.29 is 17.7 Å². The summed E-state index contributed by atoms with van der Waals surface area (Å²) in [6, 6.07) is 2.72. The first kappa shape index (κ1) is 20.9. The molecule has 1 saturated heterocycles. The van der Waals surface area contributed by atoms with Crippen molar-refractivity contribution in [2.75, 3.05) is 26.2 Å². The molecule has 30 heavy (non-hydrogen) atoms. The molecule has 2 aromatic heterocycles. The summed E-state index contributed by atoms with van der Waals surface area (Å²) in [4.78, 5) is 14.5. The molecule has 0 aromatic carbocycles. The molecule has 4 rings (SSSR count). The van der Waals surface area contributed by atoms with Gasteiger partial charge in [0.1, 0.15) is 10.6 Å². The Bertz CT molecular complexity index is 1080. The van der Waals surface area contributed by atoms with Crippen LogP contribution in [0.2, 0.25) is 0 Å². The van der Waals surface area contributed by atoms with Gasteiger partial charge in [0, 0.05) is 49.7 Å². The van der Waals surface area contributed by atoms with E-state index in [1.54, 1.807) is 24.8 Å². The highest BCUT2D eigenvalue weighted by atomic mass is 32.2. The number of aromatic nitrogens is 2. The summed E-state index contributed by atoms with van der Waals surface area (Å²) >= 11 is 0. The number of hydrogen-bond donors (Lipinski definition) is 0. The maximum Gasteiger partial charge on any atom is 0.248 e. The van der Waals surface area contributed by atoms with Crippen molar-refractivity contribution in [3.05, 3.63) is 40.5 Å². The number of piperazine rings is 1. The maximum atomic E-state index is 12.9. The van der Waals surface area contributed by atoms with E-state index in [9.17, 15) is 13.2 Å². The Morgan fingerprint density at radius 2 is 1.80 bits per heavy atom. The molecule has 1 aliphatic heterocycles. The van der Waals surface area contributed by atoms with Gasteiger partial charge in [0.15, 0.2) is 5.76 Å². The zero-order valence-electron chi connectivity index (χ0n) is 17.9. The first-order chi connectivity index (χ1) is 14.2. The van der Waals surface area contributed by atoms with Crippen LogP contribution in [0.5, 0.6) is 0 Å². The Balaban J connectivity index is 1.40. The number of rotatable bonds is 5. The van der Waals surface area contributed by atoms with Crippen LogP contribution in [0.25, 0.3) is 6.08 Å². The minimum absolute atomic E-state index is 0.0967. The summed E-state index contributed by atoms with van der Waals surface area (Å²) in [6.45, 7) is 8.62. The van der Waals surface area contributed by atoms with Gasteiger partial charge in [-0.2, -0.15) is 4.31 Å². The largest absolute Gasteiger partial charge is 0.360 e. The molecule has 0 spiro atoms. The lowest BCUT2D eigenvalue weighted by molar-refractivity contribution is -0.127. The van der Waals surface area contributed by atoms with Crippen molar-refractivity contribution in [2.24, 2.45) is 0 Å². The normalized spacial score (nSPS) is 18.5. The number of carbonyl (C=O) groups excluding carboxylic acids is 1. The highest BCUT2D eigenvalue weighted by Crippen LogP contribution is 2.38. The van der Waals surface area contributed by atoms with Crippen molar-refractivity contribution in [1.29, 1.82) is 0 Å². The van der Waals surface area contributed by atoms with E-state index in [0.29, 0.717) is 24.8 Å². The van der Waals surface area contributed by atoms with Crippen LogP contribution >= 0.6 is 0 Å². The van der Waals surface area contributed by atoms with Gasteiger partial charge in [0.2, 0.25) is 15.9 Å². The standard InChI is InChI=1S/C21H28N4O4S/c1-14-13-18(16(3)25(14)19-6-7-19)5-8-20(26)23-9-11-24(12-10-23)30(27,28)21-15(2)22-29-17(21)4/h5,8,13,19H,6-7,9-12H2,1-4H3/b8-5+. The molecule has 9 heteroatoms. The first-order valence-corrected chi connectivity index (χ1v) is 11.7. The Morgan fingerprint density at radius 3 is 2.37 bits per heavy atom. The molecule has 0 bridgehead atoms. The smallest absolute Gasteiger partial charge is 0.248 e. The molecule has 0 unspecified atom stereocenters. The molecule has 1 aliphatic carbocycles. The van der Waals surface area contributed by atoms with Gasteiger partial charge in [-0.05, 0) is 58.2 Å². The fraction of sp³-hybridized carbons (Fsp3) is 0.524. The highest BCUT2D eigenvalue weighted by molar-refractivity contribution is 7.89. The molecular formula is C21H28N4O4S. The van der Waals surface area contributed by atoms with Crippen molar-refractivity contribution in [1.82, 2.24) is 18.9 Å². The van der Waals surface area contributed by atoms with Crippen LogP contribution in [0.15, 0.2) is 21.6 Å². The van der Waals surface area contributed by atoms with E-state index >= 15 is 0 Å². The van der Waals surface area contributed by atoms with Crippen LogP contribution in [0.1, 0.15) is 47.3 Å². The molecule has 1 saturated carbocycles. The molecule has 0 N–H and O–H groups in total. The highest BCUT2D eigenvalue weighted by Gasteiger charge is 2.34. The van der Waals surface area contributed by atoms with Gasteiger partial charge < -0.3 is 14.0 Å². The first-order valence-electron chi connectivity index (χ1n) is 10.3. The third-order valence-electron chi connectivity index (χ3n) is 5.96. The van der Waals surface area contributed by atoms with Crippen LogP contribution in [0, 0.1) is 27.7 Å². The molecule has 1 amide bonds. The Labute approximate surface area is 177 Å². The van der Waals surface area contributed by atoms with Crippen molar-refractivity contribution in [3.63, 3.8) is 0 Å². The minimum atomic E-state index is -3.68.